The van der Waals surface area contributed by atoms with E-state index in [0.29, 0.717) is 0 Å². The number of halogens is 2. The lowest BCUT2D eigenvalue weighted by atomic mass is 10.2. The molecular weight excluding hydrogens is 207 g/mol. The summed E-state index contributed by atoms with van der Waals surface area (Å²) in [5.74, 6) is -1.14. The van der Waals surface area contributed by atoms with E-state index in [4.69, 9.17) is 22.4 Å². The summed E-state index contributed by atoms with van der Waals surface area (Å²) < 4.78 is 4.50. The second kappa shape index (κ2) is 4.30. The Balaban J connectivity index is 0.00000121. The number of carboxylic acid groups (broad SMARTS) is 1. The zero-order valence-corrected chi connectivity index (χ0v) is 7.30. The topological polar surface area (TPSA) is 89.4 Å². The number of nitrogens with two attached hydrogens (primary N) is 1. The molecule has 3 N–H and O–H groups in total. The molecule has 1 heterocycles. The Hall–Kier alpha value is -0.780. The van der Waals surface area contributed by atoms with Gasteiger partial charge < -0.3 is 15.4 Å². The first-order chi connectivity index (χ1) is 5.11. The lowest BCUT2D eigenvalue weighted by Gasteiger charge is -1.97. The van der Waals surface area contributed by atoms with Crippen molar-refractivity contribution in [3.63, 3.8) is 0 Å². The molecule has 0 aromatic carbocycles. The fourth-order valence-corrected chi connectivity index (χ4v) is 0.677. The maximum atomic E-state index is 10.3. The summed E-state index contributed by atoms with van der Waals surface area (Å²) in [5, 5.41) is 11.8. The molecule has 0 aliphatic heterocycles. The van der Waals surface area contributed by atoms with Crippen molar-refractivity contribution in [2.45, 2.75) is 6.04 Å². The molecule has 0 aliphatic carbocycles. The molecular formula is C5H6Cl2N2O3. The Morgan fingerprint density at radius 2 is 2.42 bits per heavy atom. The Labute approximate surface area is 78.9 Å². The van der Waals surface area contributed by atoms with Crippen LogP contribution in [-0.4, -0.2) is 16.2 Å². The van der Waals surface area contributed by atoms with Gasteiger partial charge >= 0.3 is 5.97 Å². The van der Waals surface area contributed by atoms with Crippen LogP contribution < -0.4 is 5.73 Å². The zero-order chi connectivity index (χ0) is 8.43. The molecule has 0 amide bonds. The predicted molar refractivity (Wildman–Crippen MR) is 43.3 cm³/mol. The van der Waals surface area contributed by atoms with Crippen LogP contribution in [0.5, 0.6) is 0 Å². The molecule has 68 valence electrons. The van der Waals surface area contributed by atoms with Gasteiger partial charge in [0.1, 0.15) is 0 Å². The summed E-state index contributed by atoms with van der Waals surface area (Å²) in [4.78, 5) is 10.3. The molecule has 1 atom stereocenters. The molecule has 12 heavy (non-hydrogen) atoms. The maximum Gasteiger partial charge on any atom is 0.328 e. The van der Waals surface area contributed by atoms with Crippen LogP contribution in [0.2, 0.25) is 5.15 Å². The summed E-state index contributed by atoms with van der Waals surface area (Å²) in [6.45, 7) is 0. The van der Waals surface area contributed by atoms with Gasteiger partial charge in [-0.3, -0.25) is 4.79 Å². The number of hydrogen-bond donors (Lipinski definition) is 2. The van der Waals surface area contributed by atoms with E-state index in [2.05, 4.69) is 9.68 Å². The SMILES string of the molecule is Cl.NC(C(=O)O)c1cc(Cl)no1. The molecule has 1 rings (SSSR count). The van der Waals surface area contributed by atoms with Crippen LogP contribution in [0.3, 0.4) is 0 Å². The normalized spacial score (nSPS) is 11.8. The van der Waals surface area contributed by atoms with Gasteiger partial charge in [0, 0.05) is 6.07 Å². The van der Waals surface area contributed by atoms with Gasteiger partial charge in [-0.05, 0) is 0 Å². The van der Waals surface area contributed by atoms with Crippen LogP contribution in [0.1, 0.15) is 11.8 Å². The summed E-state index contributed by atoms with van der Waals surface area (Å²) in [6.07, 6.45) is 0. The third-order valence-electron chi connectivity index (χ3n) is 1.07. The van der Waals surface area contributed by atoms with Gasteiger partial charge in [-0.2, -0.15) is 0 Å². The lowest BCUT2D eigenvalue weighted by Crippen LogP contribution is -2.19. The summed E-state index contributed by atoms with van der Waals surface area (Å²) in [6, 6.07) is 0.0652. The number of aliphatic carboxylic acids is 1. The average Bonchev–Trinajstić information content (AvgIpc) is 2.34. The predicted octanol–water partition coefficient (Wildman–Crippen LogP) is 0.834. The van der Waals surface area contributed by atoms with Crippen molar-refractivity contribution in [1.29, 1.82) is 0 Å². The largest absolute Gasteiger partial charge is 0.480 e. The van der Waals surface area contributed by atoms with Crippen LogP contribution in [0, 0.1) is 0 Å². The van der Waals surface area contributed by atoms with Crippen molar-refractivity contribution in [2.75, 3.05) is 0 Å². The van der Waals surface area contributed by atoms with Gasteiger partial charge in [0.15, 0.2) is 17.0 Å². The molecule has 0 bridgehead atoms. The van der Waals surface area contributed by atoms with E-state index in [-0.39, 0.29) is 23.3 Å². The Kier molecular flexibility index (Phi) is 4.02. The van der Waals surface area contributed by atoms with Crippen LogP contribution in [0.15, 0.2) is 10.6 Å². The Morgan fingerprint density at radius 1 is 1.83 bits per heavy atom. The molecule has 0 saturated carbocycles. The van der Waals surface area contributed by atoms with Crippen LogP contribution >= 0.6 is 24.0 Å². The monoisotopic (exact) mass is 212 g/mol. The van der Waals surface area contributed by atoms with Gasteiger partial charge in [-0.25, -0.2) is 0 Å². The van der Waals surface area contributed by atoms with Gasteiger partial charge in [-0.1, -0.05) is 16.8 Å². The van der Waals surface area contributed by atoms with E-state index in [1.807, 2.05) is 0 Å². The minimum Gasteiger partial charge on any atom is -0.480 e. The van der Waals surface area contributed by atoms with Crippen molar-refractivity contribution in [2.24, 2.45) is 5.73 Å². The van der Waals surface area contributed by atoms with E-state index in [1.54, 1.807) is 0 Å². The molecule has 0 saturated heterocycles. The third kappa shape index (κ3) is 2.37. The number of nitrogens with zero attached hydrogens (tertiary/aromatic N) is 1. The number of carbonyl (C=O) groups is 1. The van der Waals surface area contributed by atoms with Crippen LogP contribution in [0.25, 0.3) is 0 Å². The quantitative estimate of drug-likeness (QED) is 0.759. The molecule has 7 heteroatoms. The summed E-state index contributed by atoms with van der Waals surface area (Å²) >= 11 is 5.36. The number of rotatable bonds is 2. The third-order valence-corrected chi connectivity index (χ3v) is 1.25. The molecule has 1 aromatic rings. The fraction of sp³-hybridized carbons (Fsp3) is 0.200. The van der Waals surface area contributed by atoms with Crippen molar-refractivity contribution < 1.29 is 14.4 Å². The molecule has 0 radical (unpaired) electrons. The first-order valence-electron chi connectivity index (χ1n) is 2.72. The fourth-order valence-electron chi connectivity index (χ4n) is 0.535. The Bertz CT molecular complexity index is 275. The van der Waals surface area contributed by atoms with Gasteiger partial charge in [-0.15, -0.1) is 12.4 Å². The molecule has 0 spiro atoms. The molecule has 1 unspecified atom stereocenters. The zero-order valence-electron chi connectivity index (χ0n) is 5.73. The molecule has 0 fully saturated rings. The van der Waals surface area contributed by atoms with Crippen LogP contribution in [-0.2, 0) is 4.79 Å². The first kappa shape index (κ1) is 11.2. The Morgan fingerprint density at radius 3 is 2.75 bits per heavy atom. The average molecular weight is 213 g/mol. The van der Waals surface area contributed by atoms with Crippen LogP contribution in [0.4, 0.5) is 0 Å². The summed E-state index contributed by atoms with van der Waals surface area (Å²) in [7, 11) is 0. The summed E-state index contributed by atoms with van der Waals surface area (Å²) in [5.41, 5.74) is 5.16. The molecule has 5 nitrogen and oxygen atoms in total. The highest BCUT2D eigenvalue weighted by Crippen LogP contribution is 2.14. The molecule has 0 aliphatic rings. The highest BCUT2D eigenvalue weighted by molar-refractivity contribution is 6.29. The van der Waals surface area contributed by atoms with E-state index in [9.17, 15) is 4.79 Å². The minimum absolute atomic E-state index is 0. The lowest BCUT2D eigenvalue weighted by molar-refractivity contribution is -0.139. The van der Waals surface area contributed by atoms with E-state index in [0.717, 1.165) is 0 Å². The maximum absolute atomic E-state index is 10.3. The highest BCUT2D eigenvalue weighted by Gasteiger charge is 2.18. The number of carboxylic acids is 1. The first-order valence-corrected chi connectivity index (χ1v) is 3.09. The molecule has 1 aromatic heterocycles. The van der Waals surface area contributed by atoms with Crippen molar-refractivity contribution >= 4 is 30.0 Å². The van der Waals surface area contributed by atoms with E-state index >= 15 is 0 Å². The van der Waals surface area contributed by atoms with E-state index < -0.39 is 12.0 Å². The number of aromatic nitrogens is 1. The minimum atomic E-state index is -1.20. The van der Waals surface area contributed by atoms with Gasteiger partial charge in [0.2, 0.25) is 0 Å². The second-order valence-corrected chi connectivity index (χ2v) is 2.26. The number of hydrogen-bond acceptors (Lipinski definition) is 4. The van der Waals surface area contributed by atoms with Crippen molar-refractivity contribution in [1.82, 2.24) is 5.16 Å². The highest BCUT2D eigenvalue weighted by atomic mass is 35.5. The second-order valence-electron chi connectivity index (χ2n) is 1.87. The standard InChI is InChI=1S/C5H5ClN2O3.ClH/c6-3-1-2(11-8-3)4(7)5(9)10;/h1,4H,7H2,(H,9,10);1H. The van der Waals surface area contributed by atoms with Crippen molar-refractivity contribution in [3.05, 3.63) is 17.0 Å². The van der Waals surface area contributed by atoms with Gasteiger partial charge in [0.25, 0.3) is 0 Å². The van der Waals surface area contributed by atoms with E-state index in [1.165, 1.54) is 6.07 Å². The van der Waals surface area contributed by atoms with Crippen molar-refractivity contribution in [3.8, 4) is 0 Å². The smallest absolute Gasteiger partial charge is 0.328 e. The van der Waals surface area contributed by atoms with Gasteiger partial charge in [0.05, 0.1) is 0 Å².